The summed E-state index contributed by atoms with van der Waals surface area (Å²) in [4.78, 5) is 35.4. The van der Waals surface area contributed by atoms with E-state index in [2.05, 4.69) is 26.0 Å². The van der Waals surface area contributed by atoms with Crippen LogP contribution in [0, 0.1) is 6.92 Å². The molecule has 0 fully saturated rings. The average Bonchev–Trinajstić information content (AvgIpc) is 2.52. The summed E-state index contributed by atoms with van der Waals surface area (Å²) in [6.45, 7) is 1.59. The molecule has 23 heavy (non-hydrogen) atoms. The van der Waals surface area contributed by atoms with Crippen molar-refractivity contribution in [3.8, 4) is 0 Å². The smallest absolute Gasteiger partial charge is 0.337 e. The molecule has 1 aromatic carbocycles. The summed E-state index contributed by atoms with van der Waals surface area (Å²) in [5, 5.41) is 2.67. The van der Waals surface area contributed by atoms with Gasteiger partial charge in [0.2, 0.25) is 5.91 Å². The predicted octanol–water partition coefficient (Wildman–Crippen LogP) is 2.34. The highest BCUT2D eigenvalue weighted by molar-refractivity contribution is 9.10. The van der Waals surface area contributed by atoms with Crippen LogP contribution in [0.5, 0.6) is 0 Å². The van der Waals surface area contributed by atoms with Crippen LogP contribution in [0.4, 0.5) is 5.69 Å². The summed E-state index contributed by atoms with van der Waals surface area (Å²) >= 11 is 3.30. The molecule has 0 saturated carbocycles. The van der Waals surface area contributed by atoms with Gasteiger partial charge >= 0.3 is 5.97 Å². The first-order valence-corrected chi connectivity index (χ1v) is 7.55. The lowest BCUT2D eigenvalue weighted by Crippen LogP contribution is -2.28. The number of nitrogens with one attached hydrogen (secondary N) is 1. The minimum atomic E-state index is -0.445. The SMILES string of the molecule is COC(=O)c1ccc(NC(=O)Cn2cc(Br)cc(C)c2=O)cc1. The molecular weight excluding hydrogens is 364 g/mol. The Balaban J connectivity index is 2.08. The molecule has 7 heteroatoms. The van der Waals surface area contributed by atoms with Crippen molar-refractivity contribution >= 4 is 33.5 Å². The second-order valence-electron chi connectivity index (χ2n) is 4.89. The molecule has 0 unspecified atom stereocenters. The number of benzene rings is 1. The molecule has 120 valence electrons. The van der Waals surface area contributed by atoms with E-state index in [0.29, 0.717) is 16.8 Å². The Kier molecular flexibility index (Phi) is 5.33. The number of carbonyl (C=O) groups is 2. The summed E-state index contributed by atoms with van der Waals surface area (Å²) in [6.07, 6.45) is 1.56. The number of esters is 1. The van der Waals surface area contributed by atoms with Crippen LogP contribution in [0.3, 0.4) is 0 Å². The van der Waals surface area contributed by atoms with E-state index in [1.807, 2.05) is 0 Å². The maximum absolute atomic E-state index is 12.1. The Morgan fingerprint density at radius 1 is 1.26 bits per heavy atom. The van der Waals surface area contributed by atoms with E-state index >= 15 is 0 Å². The first-order valence-electron chi connectivity index (χ1n) is 6.75. The highest BCUT2D eigenvalue weighted by Crippen LogP contribution is 2.11. The number of pyridine rings is 1. The molecule has 0 atom stereocenters. The second kappa shape index (κ2) is 7.23. The van der Waals surface area contributed by atoms with Crippen LogP contribution in [-0.2, 0) is 16.1 Å². The van der Waals surface area contributed by atoms with Gasteiger partial charge in [0.25, 0.3) is 5.56 Å². The Bertz CT molecular complexity index is 797. The van der Waals surface area contributed by atoms with E-state index in [4.69, 9.17) is 0 Å². The largest absolute Gasteiger partial charge is 0.465 e. The zero-order valence-electron chi connectivity index (χ0n) is 12.6. The Morgan fingerprint density at radius 2 is 1.91 bits per heavy atom. The number of hydrogen-bond donors (Lipinski definition) is 1. The molecule has 0 radical (unpaired) electrons. The highest BCUT2D eigenvalue weighted by Gasteiger charge is 2.09. The minimum absolute atomic E-state index is 0.0993. The van der Waals surface area contributed by atoms with Gasteiger partial charge in [-0.1, -0.05) is 0 Å². The number of nitrogens with zero attached hydrogens (tertiary/aromatic N) is 1. The number of aryl methyl sites for hydroxylation is 1. The molecule has 6 nitrogen and oxygen atoms in total. The summed E-state index contributed by atoms with van der Waals surface area (Å²) in [5.74, 6) is -0.783. The van der Waals surface area contributed by atoms with E-state index in [9.17, 15) is 14.4 Å². The molecule has 1 amide bonds. The van der Waals surface area contributed by atoms with Crippen LogP contribution in [-0.4, -0.2) is 23.6 Å². The summed E-state index contributed by atoms with van der Waals surface area (Å²) in [7, 11) is 1.30. The van der Waals surface area contributed by atoms with Gasteiger partial charge in [-0.15, -0.1) is 0 Å². The lowest BCUT2D eigenvalue weighted by molar-refractivity contribution is -0.116. The van der Waals surface area contributed by atoms with Crippen LogP contribution in [0.15, 0.2) is 45.8 Å². The van der Waals surface area contributed by atoms with Crippen molar-refractivity contribution in [2.24, 2.45) is 0 Å². The number of anilines is 1. The molecule has 0 aliphatic carbocycles. The first-order chi connectivity index (χ1) is 10.9. The van der Waals surface area contributed by atoms with Gasteiger partial charge in [-0.25, -0.2) is 4.79 Å². The van der Waals surface area contributed by atoms with Crippen LogP contribution >= 0.6 is 15.9 Å². The number of hydrogen-bond acceptors (Lipinski definition) is 4. The first kappa shape index (κ1) is 17.0. The molecule has 1 heterocycles. The minimum Gasteiger partial charge on any atom is -0.465 e. The highest BCUT2D eigenvalue weighted by atomic mass is 79.9. The van der Waals surface area contributed by atoms with E-state index in [1.54, 1.807) is 43.5 Å². The number of rotatable bonds is 4. The van der Waals surface area contributed by atoms with Gasteiger partial charge in [-0.3, -0.25) is 9.59 Å². The number of aromatic nitrogens is 1. The van der Waals surface area contributed by atoms with Gasteiger partial charge in [0.15, 0.2) is 0 Å². The van der Waals surface area contributed by atoms with Gasteiger partial charge in [-0.2, -0.15) is 0 Å². The number of methoxy groups -OCH3 is 1. The molecule has 1 N–H and O–H groups in total. The Morgan fingerprint density at radius 3 is 2.52 bits per heavy atom. The Labute approximate surface area is 141 Å². The van der Waals surface area contributed by atoms with Crippen molar-refractivity contribution in [2.45, 2.75) is 13.5 Å². The van der Waals surface area contributed by atoms with Crippen molar-refractivity contribution < 1.29 is 14.3 Å². The second-order valence-corrected chi connectivity index (χ2v) is 5.81. The van der Waals surface area contributed by atoms with E-state index < -0.39 is 5.97 Å². The summed E-state index contributed by atoms with van der Waals surface area (Å²) < 4.78 is 6.66. The molecule has 0 aliphatic rings. The third kappa shape index (κ3) is 4.29. The quantitative estimate of drug-likeness (QED) is 0.828. The van der Waals surface area contributed by atoms with Crippen molar-refractivity contribution in [3.05, 3.63) is 62.5 Å². The van der Waals surface area contributed by atoms with Crippen molar-refractivity contribution in [1.82, 2.24) is 4.57 Å². The molecule has 2 aromatic rings. The Hall–Kier alpha value is -2.41. The lowest BCUT2D eigenvalue weighted by Gasteiger charge is -2.09. The van der Waals surface area contributed by atoms with Gasteiger partial charge in [0.05, 0.1) is 12.7 Å². The molecule has 0 bridgehead atoms. The molecule has 2 rings (SSSR count). The number of halogens is 1. The molecule has 0 spiro atoms. The maximum Gasteiger partial charge on any atom is 0.337 e. The van der Waals surface area contributed by atoms with Gasteiger partial charge < -0.3 is 14.6 Å². The third-order valence-corrected chi connectivity index (χ3v) is 3.57. The van der Waals surface area contributed by atoms with Gasteiger partial charge in [0, 0.05) is 21.9 Å². The standard InChI is InChI=1S/C16H15BrN2O4/c1-10-7-12(17)8-19(15(10)21)9-14(20)18-13-5-3-11(4-6-13)16(22)23-2/h3-8H,9H2,1-2H3,(H,18,20). The third-order valence-electron chi connectivity index (χ3n) is 3.14. The molecule has 0 aliphatic heterocycles. The maximum atomic E-state index is 12.1. The fourth-order valence-corrected chi connectivity index (χ4v) is 2.61. The van der Waals surface area contributed by atoms with Gasteiger partial charge in [0.1, 0.15) is 6.54 Å². The average molecular weight is 379 g/mol. The molecule has 0 saturated heterocycles. The van der Waals surface area contributed by atoms with E-state index in [0.717, 1.165) is 4.47 Å². The predicted molar refractivity (Wildman–Crippen MR) is 89.6 cm³/mol. The van der Waals surface area contributed by atoms with Crippen molar-refractivity contribution in [3.63, 3.8) is 0 Å². The zero-order valence-corrected chi connectivity index (χ0v) is 14.2. The summed E-state index contributed by atoms with van der Waals surface area (Å²) in [5.41, 5.74) is 1.26. The van der Waals surface area contributed by atoms with E-state index in [1.165, 1.54) is 11.7 Å². The topological polar surface area (TPSA) is 77.4 Å². The van der Waals surface area contributed by atoms with Crippen LogP contribution in [0.25, 0.3) is 0 Å². The summed E-state index contributed by atoms with van der Waals surface area (Å²) in [6, 6.07) is 7.99. The van der Waals surface area contributed by atoms with Crippen molar-refractivity contribution in [1.29, 1.82) is 0 Å². The zero-order chi connectivity index (χ0) is 17.0. The van der Waals surface area contributed by atoms with Gasteiger partial charge in [-0.05, 0) is 53.2 Å². The number of ether oxygens (including phenoxy) is 1. The fraction of sp³-hybridized carbons (Fsp3) is 0.188. The van der Waals surface area contributed by atoms with Crippen LogP contribution in [0.1, 0.15) is 15.9 Å². The van der Waals surface area contributed by atoms with Crippen LogP contribution < -0.4 is 10.9 Å². The number of carbonyl (C=O) groups excluding carboxylic acids is 2. The lowest BCUT2D eigenvalue weighted by atomic mass is 10.2. The van der Waals surface area contributed by atoms with Crippen LogP contribution in [0.2, 0.25) is 0 Å². The van der Waals surface area contributed by atoms with E-state index in [-0.39, 0.29) is 18.0 Å². The monoisotopic (exact) mass is 378 g/mol. The molecular formula is C16H15BrN2O4. The fourth-order valence-electron chi connectivity index (χ4n) is 2.02. The number of amides is 1. The normalized spacial score (nSPS) is 10.2. The van der Waals surface area contributed by atoms with Crippen molar-refractivity contribution in [2.75, 3.05) is 12.4 Å². The molecule has 1 aromatic heterocycles.